The fourth-order valence-corrected chi connectivity index (χ4v) is 2.84. The Hall–Kier alpha value is -1.82. The van der Waals surface area contributed by atoms with E-state index in [0.717, 1.165) is 25.9 Å². The molecule has 2 amide bonds. The molecule has 4 N–H and O–H groups in total. The van der Waals surface area contributed by atoms with Gasteiger partial charge < -0.3 is 20.9 Å². The lowest BCUT2D eigenvalue weighted by atomic mass is 10.00. The van der Waals surface area contributed by atoms with E-state index in [1.165, 1.54) is 0 Å². The summed E-state index contributed by atoms with van der Waals surface area (Å²) in [5.74, 6) is -0.584. The Kier molecular flexibility index (Phi) is 4.67. The number of hydrogen-bond acceptors (Lipinski definition) is 3. The number of aromatic nitrogens is 1. The molecule has 1 fully saturated rings. The van der Waals surface area contributed by atoms with E-state index < -0.39 is 11.4 Å². The Balaban J connectivity index is 2.09. The van der Waals surface area contributed by atoms with Gasteiger partial charge in [-0.2, -0.15) is 0 Å². The van der Waals surface area contributed by atoms with Gasteiger partial charge in [-0.15, -0.1) is 0 Å². The molecule has 0 atom stereocenters. The number of nitrogens with two attached hydrogens (primary N) is 1. The quantitative estimate of drug-likeness (QED) is 0.750. The van der Waals surface area contributed by atoms with Gasteiger partial charge in [0.15, 0.2) is 0 Å². The average molecular weight is 292 g/mol. The van der Waals surface area contributed by atoms with Crippen molar-refractivity contribution in [1.82, 2.24) is 15.2 Å². The zero-order valence-corrected chi connectivity index (χ0v) is 12.7. The maximum Gasteiger partial charge on any atom is 0.268 e. The van der Waals surface area contributed by atoms with Gasteiger partial charge in [0.1, 0.15) is 5.69 Å². The van der Waals surface area contributed by atoms with Gasteiger partial charge in [-0.1, -0.05) is 0 Å². The number of nitrogens with one attached hydrogen (secondary N) is 2. The minimum atomic E-state index is -0.647. The molecular weight excluding hydrogens is 268 g/mol. The second kappa shape index (κ2) is 6.30. The van der Waals surface area contributed by atoms with E-state index in [4.69, 9.17) is 5.73 Å². The van der Waals surface area contributed by atoms with Crippen molar-refractivity contribution in [3.05, 3.63) is 24.0 Å². The van der Waals surface area contributed by atoms with Crippen molar-refractivity contribution < 1.29 is 9.59 Å². The zero-order valence-electron chi connectivity index (χ0n) is 12.7. The first kappa shape index (κ1) is 15.6. The lowest BCUT2D eigenvalue weighted by molar-refractivity contribution is -0.119. The van der Waals surface area contributed by atoms with Gasteiger partial charge in [0, 0.05) is 24.2 Å². The van der Waals surface area contributed by atoms with Crippen LogP contribution in [-0.4, -0.2) is 35.0 Å². The number of amides is 2. The third-order valence-corrected chi connectivity index (χ3v) is 3.78. The van der Waals surface area contributed by atoms with Gasteiger partial charge >= 0.3 is 0 Å². The van der Waals surface area contributed by atoms with Crippen LogP contribution in [0.15, 0.2) is 18.3 Å². The maximum absolute atomic E-state index is 12.5. The van der Waals surface area contributed by atoms with Gasteiger partial charge in [0.05, 0.1) is 0 Å². The van der Waals surface area contributed by atoms with E-state index in [1.54, 1.807) is 13.8 Å². The molecule has 1 aromatic heterocycles. The topological polar surface area (TPSA) is 89.2 Å². The third-order valence-electron chi connectivity index (χ3n) is 3.78. The van der Waals surface area contributed by atoms with Crippen LogP contribution in [0, 0.1) is 0 Å². The van der Waals surface area contributed by atoms with Gasteiger partial charge in [0.25, 0.3) is 5.91 Å². The van der Waals surface area contributed by atoms with E-state index >= 15 is 0 Å². The van der Waals surface area contributed by atoms with Gasteiger partial charge in [-0.25, -0.2) is 0 Å². The molecule has 2 heterocycles. The van der Waals surface area contributed by atoms with Crippen molar-refractivity contribution in [2.24, 2.45) is 5.73 Å². The number of rotatable bonds is 5. The summed E-state index contributed by atoms with van der Waals surface area (Å²) >= 11 is 0. The molecule has 1 aliphatic heterocycles. The van der Waals surface area contributed by atoms with Crippen LogP contribution in [0.1, 0.15) is 49.6 Å². The molecule has 21 heavy (non-hydrogen) atoms. The summed E-state index contributed by atoms with van der Waals surface area (Å²) in [6.07, 6.45) is 4.10. The number of piperidine rings is 1. The molecular formula is C15H24N4O2. The van der Waals surface area contributed by atoms with Crippen molar-refractivity contribution in [3.8, 4) is 0 Å². The highest BCUT2D eigenvalue weighted by molar-refractivity contribution is 5.93. The van der Waals surface area contributed by atoms with Crippen LogP contribution < -0.4 is 16.4 Å². The smallest absolute Gasteiger partial charge is 0.268 e. The molecule has 6 nitrogen and oxygen atoms in total. The molecule has 6 heteroatoms. The Morgan fingerprint density at radius 3 is 2.71 bits per heavy atom. The van der Waals surface area contributed by atoms with Crippen LogP contribution >= 0.6 is 0 Å². The van der Waals surface area contributed by atoms with Crippen molar-refractivity contribution in [1.29, 1.82) is 0 Å². The first-order valence-electron chi connectivity index (χ1n) is 7.37. The highest BCUT2D eigenvalue weighted by atomic mass is 16.2. The molecule has 0 bridgehead atoms. The number of primary amides is 1. The molecule has 0 aromatic carbocycles. The second-order valence-corrected chi connectivity index (χ2v) is 6.26. The highest BCUT2D eigenvalue weighted by Gasteiger charge is 2.26. The monoisotopic (exact) mass is 292 g/mol. The molecule has 1 aromatic rings. The molecule has 1 saturated heterocycles. The standard InChI is InChI=1S/C15H24N4O2/c1-15(2,10-13(16)20)18-14(21)12-4-3-9-19(12)11-5-7-17-8-6-11/h3-4,9,11,17H,5-8,10H2,1-2H3,(H2,16,20)(H,18,21). The van der Waals surface area contributed by atoms with Crippen LogP contribution in [-0.2, 0) is 4.79 Å². The van der Waals surface area contributed by atoms with Gasteiger partial charge in [-0.3, -0.25) is 9.59 Å². The van der Waals surface area contributed by atoms with Crippen molar-refractivity contribution >= 4 is 11.8 Å². The van der Waals surface area contributed by atoms with Crippen LogP contribution in [0.5, 0.6) is 0 Å². The van der Waals surface area contributed by atoms with Gasteiger partial charge in [0.2, 0.25) is 5.91 Å². The van der Waals surface area contributed by atoms with Crippen LogP contribution in [0.4, 0.5) is 0 Å². The summed E-state index contributed by atoms with van der Waals surface area (Å²) in [4.78, 5) is 23.5. The van der Waals surface area contributed by atoms with E-state index in [2.05, 4.69) is 10.6 Å². The molecule has 2 rings (SSSR count). The molecule has 116 valence electrons. The molecule has 0 aliphatic carbocycles. The summed E-state index contributed by atoms with van der Waals surface area (Å²) in [5, 5.41) is 6.21. The van der Waals surface area contributed by atoms with E-state index in [9.17, 15) is 9.59 Å². The molecule has 1 aliphatic rings. The fourth-order valence-electron chi connectivity index (χ4n) is 2.84. The first-order chi connectivity index (χ1) is 9.89. The van der Waals surface area contributed by atoms with Crippen LogP contribution in [0.2, 0.25) is 0 Å². The lowest BCUT2D eigenvalue weighted by Crippen LogP contribution is -2.46. The summed E-state index contributed by atoms with van der Waals surface area (Å²) < 4.78 is 2.04. The average Bonchev–Trinajstić information content (AvgIpc) is 2.86. The zero-order chi connectivity index (χ0) is 15.5. The van der Waals surface area contributed by atoms with E-state index in [0.29, 0.717) is 11.7 Å². The molecule has 0 saturated carbocycles. The Bertz CT molecular complexity index is 515. The fraction of sp³-hybridized carbons (Fsp3) is 0.600. The number of carbonyl (C=O) groups is 2. The maximum atomic E-state index is 12.5. The van der Waals surface area contributed by atoms with E-state index in [1.807, 2.05) is 22.9 Å². The van der Waals surface area contributed by atoms with Crippen molar-refractivity contribution in [2.45, 2.75) is 44.7 Å². The van der Waals surface area contributed by atoms with Crippen LogP contribution in [0.3, 0.4) is 0 Å². The predicted octanol–water partition coefficient (Wildman–Crippen LogP) is 0.796. The molecule has 0 radical (unpaired) electrons. The second-order valence-electron chi connectivity index (χ2n) is 6.26. The number of hydrogen-bond donors (Lipinski definition) is 3. The Labute approximate surface area is 125 Å². The number of carbonyl (C=O) groups excluding carboxylic acids is 2. The summed E-state index contributed by atoms with van der Waals surface area (Å²) in [5.41, 5.74) is 5.21. The first-order valence-corrected chi connectivity index (χ1v) is 7.37. The summed E-state index contributed by atoms with van der Waals surface area (Å²) in [6.45, 7) is 5.54. The SMILES string of the molecule is CC(C)(CC(N)=O)NC(=O)c1cccn1C1CCNCC1. The number of nitrogens with zero attached hydrogens (tertiary/aromatic N) is 1. The van der Waals surface area contributed by atoms with Crippen molar-refractivity contribution in [3.63, 3.8) is 0 Å². The minimum Gasteiger partial charge on any atom is -0.370 e. The summed E-state index contributed by atoms with van der Waals surface area (Å²) in [6, 6.07) is 4.05. The van der Waals surface area contributed by atoms with Gasteiger partial charge in [-0.05, 0) is 51.9 Å². The normalized spacial score (nSPS) is 16.7. The predicted molar refractivity (Wildman–Crippen MR) is 80.9 cm³/mol. The molecule has 0 spiro atoms. The largest absolute Gasteiger partial charge is 0.370 e. The Morgan fingerprint density at radius 1 is 1.43 bits per heavy atom. The minimum absolute atomic E-state index is 0.118. The highest BCUT2D eigenvalue weighted by Crippen LogP contribution is 2.21. The Morgan fingerprint density at radius 2 is 2.10 bits per heavy atom. The van der Waals surface area contributed by atoms with E-state index in [-0.39, 0.29) is 12.3 Å². The third kappa shape index (κ3) is 4.07. The molecule has 0 unspecified atom stereocenters. The van der Waals surface area contributed by atoms with Crippen molar-refractivity contribution in [2.75, 3.05) is 13.1 Å². The lowest BCUT2D eigenvalue weighted by Gasteiger charge is -2.28. The summed E-state index contributed by atoms with van der Waals surface area (Å²) in [7, 11) is 0. The van der Waals surface area contributed by atoms with Crippen LogP contribution in [0.25, 0.3) is 0 Å².